The molecule has 4 N–H and O–H groups in total. The molecular formula is C13H21NO3. The molecule has 1 aromatic carbocycles. The SMILES string of the molecule is CCC(O)(CC)CNCc1cccc(O)c1O. The molecule has 0 bridgehead atoms. The zero-order valence-corrected chi connectivity index (χ0v) is 10.4. The monoisotopic (exact) mass is 239 g/mol. The summed E-state index contributed by atoms with van der Waals surface area (Å²) in [5.41, 5.74) is -0.0774. The van der Waals surface area contributed by atoms with Crippen LogP contribution in [0.15, 0.2) is 18.2 Å². The van der Waals surface area contributed by atoms with Crippen molar-refractivity contribution in [2.45, 2.75) is 38.8 Å². The van der Waals surface area contributed by atoms with E-state index in [4.69, 9.17) is 0 Å². The van der Waals surface area contributed by atoms with E-state index in [2.05, 4.69) is 5.32 Å². The number of hydrogen-bond donors (Lipinski definition) is 4. The van der Waals surface area contributed by atoms with Gasteiger partial charge in [0.1, 0.15) is 0 Å². The van der Waals surface area contributed by atoms with Gasteiger partial charge in [-0.25, -0.2) is 0 Å². The van der Waals surface area contributed by atoms with E-state index >= 15 is 0 Å². The molecule has 0 spiro atoms. The Morgan fingerprint density at radius 1 is 1.18 bits per heavy atom. The Balaban J connectivity index is 2.54. The highest BCUT2D eigenvalue weighted by Crippen LogP contribution is 2.28. The van der Waals surface area contributed by atoms with Crippen LogP contribution in [-0.4, -0.2) is 27.5 Å². The van der Waals surface area contributed by atoms with Crippen LogP contribution >= 0.6 is 0 Å². The summed E-state index contributed by atoms with van der Waals surface area (Å²) in [5, 5.41) is 32.1. The third-order valence-electron chi connectivity index (χ3n) is 3.18. The lowest BCUT2D eigenvalue weighted by Gasteiger charge is -2.25. The summed E-state index contributed by atoms with van der Waals surface area (Å²) >= 11 is 0. The Kier molecular flexibility index (Phi) is 4.78. The minimum absolute atomic E-state index is 0.100. The second-order valence-corrected chi connectivity index (χ2v) is 4.32. The van der Waals surface area contributed by atoms with Gasteiger partial charge in [0.15, 0.2) is 11.5 Å². The van der Waals surface area contributed by atoms with Gasteiger partial charge in [-0.05, 0) is 18.9 Å². The zero-order chi connectivity index (χ0) is 12.9. The molecule has 1 aromatic rings. The van der Waals surface area contributed by atoms with Gasteiger partial charge in [-0.15, -0.1) is 0 Å². The second-order valence-electron chi connectivity index (χ2n) is 4.32. The van der Waals surface area contributed by atoms with Crippen molar-refractivity contribution in [3.05, 3.63) is 23.8 Å². The van der Waals surface area contributed by atoms with Gasteiger partial charge < -0.3 is 20.6 Å². The molecule has 0 heterocycles. The molecule has 96 valence electrons. The van der Waals surface area contributed by atoms with E-state index in [1.54, 1.807) is 12.1 Å². The van der Waals surface area contributed by atoms with Crippen LogP contribution in [0.5, 0.6) is 11.5 Å². The first-order valence-electron chi connectivity index (χ1n) is 5.95. The number of para-hydroxylation sites is 1. The van der Waals surface area contributed by atoms with Crippen molar-refractivity contribution in [1.82, 2.24) is 5.32 Å². The van der Waals surface area contributed by atoms with Crippen molar-refractivity contribution in [1.29, 1.82) is 0 Å². The largest absolute Gasteiger partial charge is 0.504 e. The fraction of sp³-hybridized carbons (Fsp3) is 0.538. The summed E-state index contributed by atoms with van der Waals surface area (Å²) in [7, 11) is 0. The van der Waals surface area contributed by atoms with E-state index in [9.17, 15) is 15.3 Å². The predicted octanol–water partition coefficient (Wildman–Crippen LogP) is 1.74. The molecule has 1 rings (SSSR count). The maximum atomic E-state index is 10.1. The third kappa shape index (κ3) is 3.61. The fourth-order valence-corrected chi connectivity index (χ4v) is 1.65. The molecule has 0 aromatic heterocycles. The van der Waals surface area contributed by atoms with Crippen molar-refractivity contribution in [2.75, 3.05) is 6.54 Å². The van der Waals surface area contributed by atoms with Gasteiger partial charge in [0.2, 0.25) is 0 Å². The minimum atomic E-state index is -0.702. The van der Waals surface area contributed by atoms with Gasteiger partial charge in [0.25, 0.3) is 0 Å². The van der Waals surface area contributed by atoms with Crippen LogP contribution in [0.3, 0.4) is 0 Å². The Morgan fingerprint density at radius 2 is 1.82 bits per heavy atom. The lowest BCUT2D eigenvalue weighted by atomic mass is 9.97. The van der Waals surface area contributed by atoms with E-state index in [-0.39, 0.29) is 11.5 Å². The van der Waals surface area contributed by atoms with Gasteiger partial charge in [-0.1, -0.05) is 26.0 Å². The molecular weight excluding hydrogens is 218 g/mol. The van der Waals surface area contributed by atoms with Gasteiger partial charge in [0.05, 0.1) is 5.60 Å². The van der Waals surface area contributed by atoms with Crippen LogP contribution in [0.4, 0.5) is 0 Å². The average Bonchev–Trinajstić information content (AvgIpc) is 2.34. The molecule has 0 amide bonds. The first-order valence-corrected chi connectivity index (χ1v) is 5.95. The second kappa shape index (κ2) is 5.89. The molecule has 0 aliphatic rings. The molecule has 0 saturated carbocycles. The molecule has 0 radical (unpaired) electrons. The van der Waals surface area contributed by atoms with Gasteiger partial charge in [-0.2, -0.15) is 0 Å². The first-order chi connectivity index (χ1) is 8.02. The normalized spacial score (nSPS) is 11.7. The van der Waals surface area contributed by atoms with Crippen LogP contribution in [0.1, 0.15) is 32.3 Å². The first kappa shape index (κ1) is 13.8. The Bertz CT molecular complexity index is 362. The molecule has 0 aliphatic carbocycles. The average molecular weight is 239 g/mol. The van der Waals surface area contributed by atoms with Gasteiger partial charge in [-0.3, -0.25) is 0 Å². The number of benzene rings is 1. The van der Waals surface area contributed by atoms with Crippen LogP contribution in [-0.2, 0) is 6.54 Å². The maximum absolute atomic E-state index is 10.1. The number of hydrogen-bond acceptors (Lipinski definition) is 4. The topological polar surface area (TPSA) is 72.7 Å². The summed E-state index contributed by atoms with van der Waals surface area (Å²) in [4.78, 5) is 0. The summed E-state index contributed by atoms with van der Waals surface area (Å²) in [5.74, 6) is -0.220. The summed E-state index contributed by atoms with van der Waals surface area (Å²) in [6.07, 6.45) is 1.37. The van der Waals surface area contributed by atoms with Crippen LogP contribution < -0.4 is 5.32 Å². The predicted molar refractivity (Wildman–Crippen MR) is 67.0 cm³/mol. The molecule has 17 heavy (non-hydrogen) atoms. The van der Waals surface area contributed by atoms with Crippen LogP contribution in [0.25, 0.3) is 0 Å². The van der Waals surface area contributed by atoms with Crippen molar-refractivity contribution in [3.63, 3.8) is 0 Å². The molecule has 0 saturated heterocycles. The summed E-state index contributed by atoms with van der Waals surface area (Å²) in [6, 6.07) is 4.85. The molecule has 0 aliphatic heterocycles. The highest BCUT2D eigenvalue weighted by atomic mass is 16.3. The Labute approximate surface area is 102 Å². The molecule has 0 unspecified atom stereocenters. The zero-order valence-electron chi connectivity index (χ0n) is 10.4. The van der Waals surface area contributed by atoms with Crippen molar-refractivity contribution in [2.24, 2.45) is 0 Å². The maximum Gasteiger partial charge on any atom is 0.161 e. The number of aliphatic hydroxyl groups is 1. The molecule has 0 atom stereocenters. The van der Waals surface area contributed by atoms with Gasteiger partial charge >= 0.3 is 0 Å². The van der Waals surface area contributed by atoms with E-state index in [1.807, 2.05) is 13.8 Å². The molecule has 4 heteroatoms. The number of aromatic hydroxyl groups is 2. The Morgan fingerprint density at radius 3 is 2.41 bits per heavy atom. The summed E-state index contributed by atoms with van der Waals surface area (Å²) < 4.78 is 0. The number of nitrogens with one attached hydrogen (secondary N) is 1. The lowest BCUT2D eigenvalue weighted by molar-refractivity contribution is 0.0322. The van der Waals surface area contributed by atoms with E-state index in [0.717, 1.165) is 0 Å². The summed E-state index contributed by atoms with van der Waals surface area (Å²) in [6.45, 7) is 4.77. The van der Waals surface area contributed by atoms with E-state index < -0.39 is 5.60 Å². The standard InChI is InChI=1S/C13H21NO3/c1-3-13(17,4-2)9-14-8-10-6-5-7-11(15)12(10)16/h5-7,14-17H,3-4,8-9H2,1-2H3. The van der Waals surface area contributed by atoms with Gasteiger partial charge in [0, 0.05) is 18.7 Å². The number of phenolic OH excluding ortho intramolecular Hbond substituents is 2. The smallest absolute Gasteiger partial charge is 0.161 e. The molecule has 4 nitrogen and oxygen atoms in total. The third-order valence-corrected chi connectivity index (χ3v) is 3.18. The van der Waals surface area contributed by atoms with Crippen LogP contribution in [0, 0.1) is 0 Å². The highest BCUT2D eigenvalue weighted by Gasteiger charge is 2.21. The van der Waals surface area contributed by atoms with Crippen LogP contribution in [0.2, 0.25) is 0 Å². The number of rotatable bonds is 6. The Hall–Kier alpha value is -1.26. The minimum Gasteiger partial charge on any atom is -0.504 e. The van der Waals surface area contributed by atoms with Crippen molar-refractivity contribution in [3.8, 4) is 11.5 Å². The fourth-order valence-electron chi connectivity index (χ4n) is 1.65. The lowest BCUT2D eigenvalue weighted by Crippen LogP contribution is -2.39. The highest BCUT2D eigenvalue weighted by molar-refractivity contribution is 5.44. The van der Waals surface area contributed by atoms with Crippen molar-refractivity contribution < 1.29 is 15.3 Å². The van der Waals surface area contributed by atoms with E-state index in [0.29, 0.717) is 31.5 Å². The number of phenols is 2. The van der Waals surface area contributed by atoms with E-state index in [1.165, 1.54) is 6.07 Å². The molecule has 0 fully saturated rings. The van der Waals surface area contributed by atoms with Crippen molar-refractivity contribution >= 4 is 0 Å². The quantitative estimate of drug-likeness (QED) is 0.571.